The highest BCUT2D eigenvalue weighted by atomic mass is 32.1. The predicted molar refractivity (Wildman–Crippen MR) is 149 cm³/mol. The highest BCUT2D eigenvalue weighted by Crippen LogP contribution is 2.38. The first-order valence-electron chi connectivity index (χ1n) is 13.2. The van der Waals surface area contributed by atoms with E-state index in [1.54, 1.807) is 22.3 Å². The minimum Gasteiger partial charge on any atom is -0.383 e. The van der Waals surface area contributed by atoms with Gasteiger partial charge in [-0.2, -0.15) is 0 Å². The molecule has 2 amide bonds. The van der Waals surface area contributed by atoms with Gasteiger partial charge in [0.15, 0.2) is 0 Å². The van der Waals surface area contributed by atoms with Crippen molar-refractivity contribution >= 4 is 44.9 Å². The van der Waals surface area contributed by atoms with Crippen molar-refractivity contribution in [2.75, 3.05) is 31.2 Å². The van der Waals surface area contributed by atoms with Crippen LogP contribution in [0.4, 0.5) is 11.5 Å². The third kappa shape index (κ3) is 5.20. The largest absolute Gasteiger partial charge is 0.383 e. The van der Waals surface area contributed by atoms with E-state index in [1.165, 1.54) is 15.9 Å². The molecule has 3 aromatic rings. The van der Waals surface area contributed by atoms with Crippen LogP contribution in [0.15, 0.2) is 30.5 Å². The summed E-state index contributed by atoms with van der Waals surface area (Å²) < 4.78 is 1.17. The van der Waals surface area contributed by atoms with Crippen LogP contribution in [0.5, 0.6) is 0 Å². The topological polar surface area (TPSA) is 104 Å². The van der Waals surface area contributed by atoms with E-state index in [1.807, 2.05) is 6.92 Å². The molecule has 4 heterocycles. The Morgan fingerprint density at radius 2 is 2.00 bits per heavy atom. The van der Waals surface area contributed by atoms with Crippen LogP contribution < -0.4 is 11.1 Å². The van der Waals surface area contributed by atoms with Crippen molar-refractivity contribution in [3.8, 4) is 0 Å². The number of thiazole rings is 1. The molecular formula is C28H36N6O2S. The van der Waals surface area contributed by atoms with Crippen LogP contribution in [-0.4, -0.2) is 57.8 Å². The lowest BCUT2D eigenvalue weighted by molar-refractivity contribution is -0.146. The molecule has 0 bridgehead atoms. The third-order valence-electron chi connectivity index (χ3n) is 7.96. The Bertz CT molecular complexity index is 1310. The van der Waals surface area contributed by atoms with Gasteiger partial charge in [-0.05, 0) is 74.9 Å². The zero-order valence-electron chi connectivity index (χ0n) is 22.0. The molecule has 2 aliphatic heterocycles. The van der Waals surface area contributed by atoms with Crippen molar-refractivity contribution in [1.82, 2.24) is 19.8 Å². The number of carbonyl (C=O) groups excluding carboxylic acids is 2. The van der Waals surface area contributed by atoms with Gasteiger partial charge in [-0.25, -0.2) is 9.97 Å². The average molecular weight is 521 g/mol. The summed E-state index contributed by atoms with van der Waals surface area (Å²) in [5, 5.41) is 3.93. The van der Waals surface area contributed by atoms with Crippen LogP contribution in [-0.2, 0) is 16.0 Å². The molecule has 3 N–H and O–H groups in total. The Hall–Kier alpha value is -3.04. The number of nitrogens with two attached hydrogens (primary N) is 1. The maximum atomic E-state index is 13.4. The number of fused-ring (bicyclic) bond motifs is 1. The van der Waals surface area contributed by atoms with Gasteiger partial charge >= 0.3 is 11.8 Å². The second-order valence-electron chi connectivity index (χ2n) is 10.7. The normalized spacial score (nSPS) is 24.5. The van der Waals surface area contributed by atoms with Crippen molar-refractivity contribution < 1.29 is 9.59 Å². The molecule has 2 aromatic heterocycles. The van der Waals surface area contributed by atoms with Gasteiger partial charge < -0.3 is 20.9 Å². The number of nitrogens with one attached hydrogen (secondary N) is 1. The van der Waals surface area contributed by atoms with E-state index in [0.29, 0.717) is 42.3 Å². The Labute approximate surface area is 222 Å². The van der Waals surface area contributed by atoms with Crippen molar-refractivity contribution in [1.29, 1.82) is 0 Å². The van der Waals surface area contributed by atoms with E-state index in [-0.39, 0.29) is 6.04 Å². The van der Waals surface area contributed by atoms with E-state index >= 15 is 0 Å². The monoisotopic (exact) mass is 520 g/mol. The number of piperidine rings is 1. The van der Waals surface area contributed by atoms with Gasteiger partial charge in [-0.15, -0.1) is 11.3 Å². The number of likely N-dealkylation sites (N-methyl/N-ethyl adjacent to an activating group) is 1. The number of carbonyl (C=O) groups is 2. The Morgan fingerprint density at radius 1 is 1.19 bits per heavy atom. The first kappa shape index (κ1) is 25.6. The number of pyridine rings is 1. The number of hydrogen-bond donors (Lipinski definition) is 2. The lowest BCUT2D eigenvalue weighted by Gasteiger charge is -2.38. The predicted octanol–water partition coefficient (Wildman–Crippen LogP) is 4.58. The number of nitrogens with zero attached hydrogens (tertiary/aromatic N) is 4. The van der Waals surface area contributed by atoms with Crippen molar-refractivity contribution in [2.45, 2.75) is 64.5 Å². The Kier molecular flexibility index (Phi) is 7.18. The summed E-state index contributed by atoms with van der Waals surface area (Å²) in [6.45, 7) is 7.95. The van der Waals surface area contributed by atoms with Gasteiger partial charge in [0.1, 0.15) is 5.82 Å². The zero-order valence-corrected chi connectivity index (χ0v) is 22.8. The zero-order chi connectivity index (χ0) is 26.3. The van der Waals surface area contributed by atoms with Gasteiger partial charge in [-0.1, -0.05) is 19.9 Å². The number of anilines is 2. The fourth-order valence-electron chi connectivity index (χ4n) is 5.63. The molecule has 4 atom stereocenters. The summed E-state index contributed by atoms with van der Waals surface area (Å²) in [5.74, 6) is 0.0625. The first-order valence-corrected chi connectivity index (χ1v) is 14.0. The Balaban J connectivity index is 1.37. The number of benzene rings is 1. The fourth-order valence-corrected chi connectivity index (χ4v) is 6.68. The van der Waals surface area contributed by atoms with Crippen LogP contribution in [0.2, 0.25) is 0 Å². The lowest BCUT2D eigenvalue weighted by atomic mass is 9.89. The summed E-state index contributed by atoms with van der Waals surface area (Å²) in [5.41, 5.74) is 9.23. The van der Waals surface area contributed by atoms with Crippen molar-refractivity contribution in [3.63, 3.8) is 0 Å². The number of amides is 2. The van der Waals surface area contributed by atoms with Gasteiger partial charge in [0.25, 0.3) is 0 Å². The number of aryl methyl sites for hydroxylation is 1. The highest BCUT2D eigenvalue weighted by molar-refractivity contribution is 7.18. The molecule has 196 valence electrons. The number of hydrogen-bond acceptors (Lipinski definition) is 7. The maximum absolute atomic E-state index is 13.4. The minimum absolute atomic E-state index is 0.155. The highest BCUT2D eigenvalue weighted by Gasteiger charge is 2.35. The fraction of sp³-hybridized carbons (Fsp3) is 0.500. The molecule has 0 radical (unpaired) electrons. The number of rotatable bonds is 4. The molecule has 8 nitrogen and oxygen atoms in total. The first-order chi connectivity index (χ1) is 17.7. The summed E-state index contributed by atoms with van der Waals surface area (Å²) in [7, 11) is 2.17. The third-order valence-corrected chi connectivity index (χ3v) is 9.16. The van der Waals surface area contributed by atoms with Crippen molar-refractivity contribution in [3.05, 3.63) is 46.6 Å². The Morgan fingerprint density at radius 3 is 2.73 bits per heavy atom. The second kappa shape index (κ2) is 10.4. The van der Waals surface area contributed by atoms with E-state index < -0.39 is 11.8 Å². The van der Waals surface area contributed by atoms with Gasteiger partial charge in [0.2, 0.25) is 0 Å². The molecule has 0 saturated carbocycles. The average Bonchev–Trinajstić information content (AvgIpc) is 3.46. The van der Waals surface area contributed by atoms with E-state index in [0.717, 1.165) is 42.5 Å². The standard InChI is InChI=1S/C28H36N6O2S/c1-5-18-11-21(13-30-25(18)29)31-26(35)28(36)34-14-16(2)6-8-23(34)19-7-9-24-22(12-19)32-27(37-24)20-10-17(3)33(4)15-20/h7,9,11-13,16-17,20,23H,5-6,8,10,14-15H2,1-4H3,(H2,29,30)(H,31,35)/t16-,17?,20-,23+/m0/s1. The molecule has 1 aromatic carbocycles. The SMILES string of the molecule is CCc1cc(NC(=O)C(=O)N2C[C@@H](C)CC[C@@H]2c2ccc3sc([C@H]4CC(C)N(C)C4)nc3c2)cnc1N. The lowest BCUT2D eigenvalue weighted by Crippen LogP contribution is -2.46. The molecule has 5 rings (SSSR count). The van der Waals surface area contributed by atoms with Crippen LogP contribution in [0.3, 0.4) is 0 Å². The molecule has 2 fully saturated rings. The summed E-state index contributed by atoms with van der Waals surface area (Å²) >= 11 is 1.77. The van der Waals surface area contributed by atoms with E-state index in [9.17, 15) is 9.59 Å². The number of aromatic nitrogens is 2. The van der Waals surface area contributed by atoms with Crippen molar-refractivity contribution in [2.24, 2.45) is 5.92 Å². The van der Waals surface area contributed by atoms with E-state index in [4.69, 9.17) is 10.7 Å². The van der Waals surface area contributed by atoms with Gasteiger partial charge in [0.05, 0.1) is 33.2 Å². The van der Waals surface area contributed by atoms with Crippen LogP contribution in [0, 0.1) is 5.92 Å². The molecule has 0 aliphatic carbocycles. The molecule has 2 saturated heterocycles. The summed E-state index contributed by atoms with van der Waals surface area (Å²) in [6, 6.07) is 8.54. The molecule has 37 heavy (non-hydrogen) atoms. The van der Waals surface area contributed by atoms with E-state index in [2.05, 4.69) is 54.3 Å². The smallest absolute Gasteiger partial charge is 0.313 e. The maximum Gasteiger partial charge on any atom is 0.313 e. The van der Waals surface area contributed by atoms with Crippen LogP contribution in [0.1, 0.15) is 68.1 Å². The number of likely N-dealkylation sites (tertiary alicyclic amines) is 2. The van der Waals surface area contributed by atoms with Gasteiger partial charge in [-0.3, -0.25) is 9.59 Å². The van der Waals surface area contributed by atoms with Crippen LogP contribution >= 0.6 is 11.3 Å². The quantitative estimate of drug-likeness (QED) is 0.488. The second-order valence-corrected chi connectivity index (χ2v) is 11.8. The molecule has 2 aliphatic rings. The van der Waals surface area contributed by atoms with Crippen LogP contribution in [0.25, 0.3) is 10.2 Å². The van der Waals surface area contributed by atoms with Gasteiger partial charge in [0, 0.05) is 25.0 Å². The molecule has 1 unspecified atom stereocenters. The molecule has 0 spiro atoms. The molecular weight excluding hydrogens is 484 g/mol. The summed E-state index contributed by atoms with van der Waals surface area (Å²) in [4.78, 5) is 39.7. The molecule has 9 heteroatoms. The summed E-state index contributed by atoms with van der Waals surface area (Å²) in [6.07, 6.45) is 5.14. The number of nitrogen functional groups attached to an aromatic ring is 1. The minimum atomic E-state index is -0.649.